The number of rotatable bonds is 4. The summed E-state index contributed by atoms with van der Waals surface area (Å²) in [6, 6.07) is 3.44. The van der Waals surface area contributed by atoms with Crippen molar-refractivity contribution < 1.29 is 17.6 Å². The first-order valence-electron chi connectivity index (χ1n) is 6.10. The highest BCUT2D eigenvalue weighted by atomic mass is 19.2. The molecule has 0 amide bonds. The molecule has 0 saturated heterocycles. The normalized spacial score (nSPS) is 14.9. The molecule has 1 aromatic heterocycles. The molecular formula is C14H12F3NO. The van der Waals surface area contributed by atoms with Crippen LogP contribution in [0.5, 0.6) is 0 Å². The average Bonchev–Trinajstić information content (AvgIpc) is 3.09. The Labute approximate surface area is 108 Å². The number of furan rings is 1. The Bertz CT molecular complexity index is 605. The highest BCUT2D eigenvalue weighted by Crippen LogP contribution is 2.30. The SMILES string of the molecule is Fc1cc(F)c(-c2ccoc2CNC2CC2)cc1F. The maximum atomic E-state index is 13.7. The van der Waals surface area contributed by atoms with E-state index in [4.69, 9.17) is 4.42 Å². The molecule has 1 fully saturated rings. The summed E-state index contributed by atoms with van der Waals surface area (Å²) < 4.78 is 45.1. The lowest BCUT2D eigenvalue weighted by Gasteiger charge is -2.06. The largest absolute Gasteiger partial charge is 0.467 e. The smallest absolute Gasteiger partial charge is 0.161 e. The van der Waals surface area contributed by atoms with Gasteiger partial charge in [0.2, 0.25) is 0 Å². The van der Waals surface area contributed by atoms with Crippen molar-refractivity contribution in [3.8, 4) is 11.1 Å². The van der Waals surface area contributed by atoms with Crippen molar-refractivity contribution >= 4 is 0 Å². The van der Waals surface area contributed by atoms with Crippen LogP contribution >= 0.6 is 0 Å². The molecule has 2 aromatic rings. The summed E-state index contributed by atoms with van der Waals surface area (Å²) in [6.45, 7) is 0.450. The molecule has 5 heteroatoms. The standard InChI is InChI=1S/C14H12F3NO/c15-11-6-13(17)12(16)5-10(11)9-3-4-19-14(9)7-18-8-1-2-8/h3-6,8,18H,1-2,7H2. The molecule has 1 aromatic carbocycles. The lowest BCUT2D eigenvalue weighted by Crippen LogP contribution is -2.15. The van der Waals surface area contributed by atoms with Gasteiger partial charge in [-0.2, -0.15) is 0 Å². The third-order valence-corrected chi connectivity index (χ3v) is 3.17. The molecule has 0 spiro atoms. The molecule has 0 atom stereocenters. The molecule has 2 nitrogen and oxygen atoms in total. The van der Waals surface area contributed by atoms with Gasteiger partial charge in [0.15, 0.2) is 11.6 Å². The van der Waals surface area contributed by atoms with E-state index in [2.05, 4.69) is 5.32 Å². The van der Waals surface area contributed by atoms with E-state index in [1.807, 2.05) is 0 Å². The molecule has 19 heavy (non-hydrogen) atoms. The molecule has 1 aliphatic rings. The number of halogens is 3. The van der Waals surface area contributed by atoms with Crippen LogP contribution in [-0.4, -0.2) is 6.04 Å². The summed E-state index contributed by atoms with van der Waals surface area (Å²) in [4.78, 5) is 0. The lowest BCUT2D eigenvalue weighted by atomic mass is 10.1. The summed E-state index contributed by atoms with van der Waals surface area (Å²) in [5.41, 5.74) is 0.463. The van der Waals surface area contributed by atoms with E-state index in [1.165, 1.54) is 6.26 Å². The predicted molar refractivity (Wildman–Crippen MR) is 63.9 cm³/mol. The van der Waals surface area contributed by atoms with Crippen molar-refractivity contribution in [3.63, 3.8) is 0 Å². The molecule has 0 bridgehead atoms. The van der Waals surface area contributed by atoms with Gasteiger partial charge in [-0.1, -0.05) is 0 Å². The second-order valence-corrected chi connectivity index (χ2v) is 4.66. The molecule has 100 valence electrons. The van der Waals surface area contributed by atoms with Crippen LogP contribution in [0.15, 0.2) is 28.9 Å². The van der Waals surface area contributed by atoms with Gasteiger partial charge in [-0.25, -0.2) is 13.2 Å². The summed E-state index contributed by atoms with van der Waals surface area (Å²) >= 11 is 0. The second-order valence-electron chi connectivity index (χ2n) is 4.66. The summed E-state index contributed by atoms with van der Waals surface area (Å²) in [6.07, 6.45) is 3.66. The zero-order valence-electron chi connectivity index (χ0n) is 10.1. The summed E-state index contributed by atoms with van der Waals surface area (Å²) in [7, 11) is 0. The molecule has 0 radical (unpaired) electrons. The van der Waals surface area contributed by atoms with Gasteiger partial charge in [0.25, 0.3) is 0 Å². The van der Waals surface area contributed by atoms with Gasteiger partial charge in [0, 0.05) is 23.2 Å². The third-order valence-electron chi connectivity index (χ3n) is 3.17. The fraction of sp³-hybridized carbons (Fsp3) is 0.286. The van der Waals surface area contributed by atoms with Crippen molar-refractivity contribution in [3.05, 3.63) is 47.7 Å². The quantitative estimate of drug-likeness (QED) is 0.856. The molecule has 3 rings (SSSR count). The number of nitrogens with one attached hydrogen (secondary N) is 1. The van der Waals surface area contributed by atoms with Gasteiger partial charge in [0.05, 0.1) is 12.8 Å². The van der Waals surface area contributed by atoms with Crippen LogP contribution in [0.4, 0.5) is 13.2 Å². The highest BCUT2D eigenvalue weighted by molar-refractivity contribution is 5.66. The van der Waals surface area contributed by atoms with E-state index in [0.717, 1.165) is 18.9 Å². The Kier molecular flexibility index (Phi) is 3.06. The average molecular weight is 267 g/mol. The number of benzene rings is 1. The van der Waals surface area contributed by atoms with Crippen LogP contribution < -0.4 is 5.32 Å². The Morgan fingerprint density at radius 2 is 1.79 bits per heavy atom. The van der Waals surface area contributed by atoms with Crippen LogP contribution in [0.1, 0.15) is 18.6 Å². The zero-order valence-corrected chi connectivity index (χ0v) is 10.1. The van der Waals surface area contributed by atoms with Crippen molar-refractivity contribution in [1.29, 1.82) is 0 Å². The van der Waals surface area contributed by atoms with Gasteiger partial charge in [0.1, 0.15) is 11.6 Å². The third kappa shape index (κ3) is 2.51. The predicted octanol–water partition coefficient (Wildman–Crippen LogP) is 3.62. The lowest BCUT2D eigenvalue weighted by molar-refractivity contribution is 0.481. The van der Waals surface area contributed by atoms with Gasteiger partial charge < -0.3 is 9.73 Å². The zero-order chi connectivity index (χ0) is 13.4. The Morgan fingerprint density at radius 1 is 1.05 bits per heavy atom. The van der Waals surface area contributed by atoms with Crippen molar-refractivity contribution in [2.24, 2.45) is 0 Å². The number of hydrogen-bond donors (Lipinski definition) is 1. The molecule has 0 unspecified atom stereocenters. The highest BCUT2D eigenvalue weighted by Gasteiger charge is 2.22. The van der Waals surface area contributed by atoms with Crippen molar-refractivity contribution in [1.82, 2.24) is 5.32 Å². The Balaban J connectivity index is 1.92. The molecule has 1 aliphatic carbocycles. The van der Waals surface area contributed by atoms with Gasteiger partial charge in [-0.15, -0.1) is 0 Å². The molecule has 1 N–H and O–H groups in total. The topological polar surface area (TPSA) is 25.2 Å². The molecular weight excluding hydrogens is 255 g/mol. The molecule has 1 heterocycles. The van der Waals surface area contributed by atoms with E-state index in [1.54, 1.807) is 6.07 Å². The fourth-order valence-electron chi connectivity index (χ4n) is 1.97. The summed E-state index contributed by atoms with van der Waals surface area (Å²) in [5.74, 6) is -2.54. The van der Waals surface area contributed by atoms with Crippen LogP contribution in [0.25, 0.3) is 11.1 Å². The van der Waals surface area contributed by atoms with E-state index < -0.39 is 17.5 Å². The minimum atomic E-state index is -1.19. The Hall–Kier alpha value is -1.75. The van der Waals surface area contributed by atoms with Crippen LogP contribution in [0, 0.1) is 17.5 Å². The van der Waals surface area contributed by atoms with E-state index in [0.29, 0.717) is 30.0 Å². The van der Waals surface area contributed by atoms with E-state index >= 15 is 0 Å². The van der Waals surface area contributed by atoms with Gasteiger partial charge in [-0.3, -0.25) is 0 Å². The first kappa shape index (κ1) is 12.3. The van der Waals surface area contributed by atoms with Gasteiger partial charge in [-0.05, 0) is 25.0 Å². The van der Waals surface area contributed by atoms with E-state index in [-0.39, 0.29) is 5.56 Å². The Morgan fingerprint density at radius 3 is 2.53 bits per heavy atom. The fourth-order valence-corrected chi connectivity index (χ4v) is 1.97. The monoisotopic (exact) mass is 267 g/mol. The number of hydrogen-bond acceptors (Lipinski definition) is 2. The van der Waals surface area contributed by atoms with Crippen LogP contribution in [0.2, 0.25) is 0 Å². The van der Waals surface area contributed by atoms with Crippen LogP contribution in [0.3, 0.4) is 0 Å². The summed E-state index contributed by atoms with van der Waals surface area (Å²) in [5, 5.41) is 3.23. The van der Waals surface area contributed by atoms with Crippen LogP contribution in [-0.2, 0) is 6.54 Å². The van der Waals surface area contributed by atoms with Crippen molar-refractivity contribution in [2.75, 3.05) is 0 Å². The minimum Gasteiger partial charge on any atom is -0.467 e. The molecule has 0 aliphatic heterocycles. The molecule has 1 saturated carbocycles. The van der Waals surface area contributed by atoms with Crippen molar-refractivity contribution in [2.45, 2.75) is 25.4 Å². The maximum absolute atomic E-state index is 13.7. The van der Waals surface area contributed by atoms with Gasteiger partial charge >= 0.3 is 0 Å². The first-order valence-corrected chi connectivity index (χ1v) is 6.10. The minimum absolute atomic E-state index is 0.0141. The second kappa shape index (κ2) is 4.74. The maximum Gasteiger partial charge on any atom is 0.161 e. The van der Waals surface area contributed by atoms with E-state index in [9.17, 15) is 13.2 Å². The first-order chi connectivity index (χ1) is 9.15.